The number of thiol groups is 1. The van der Waals surface area contributed by atoms with E-state index in [0.717, 1.165) is 22.6 Å². The van der Waals surface area contributed by atoms with Crippen LogP contribution in [-0.2, 0) is 9.53 Å². The molecular weight excluding hydrogens is 418 g/mol. The third-order valence-electron chi connectivity index (χ3n) is 4.55. The summed E-state index contributed by atoms with van der Waals surface area (Å²) in [5, 5.41) is 6.12. The molecule has 1 amide bonds. The molecule has 0 saturated heterocycles. The summed E-state index contributed by atoms with van der Waals surface area (Å²) in [5.74, 6) is 0.547. The van der Waals surface area contributed by atoms with Crippen LogP contribution in [0.3, 0.4) is 0 Å². The Kier molecular flexibility index (Phi) is 10.1. The molecule has 0 aromatic heterocycles. The molecule has 0 aliphatic carbocycles. The van der Waals surface area contributed by atoms with E-state index in [9.17, 15) is 9.59 Å². The van der Waals surface area contributed by atoms with Gasteiger partial charge in [0.2, 0.25) is 0 Å². The number of carbonyl (C=O) groups excluding carboxylic acids is 2. The van der Waals surface area contributed by atoms with Gasteiger partial charge in [-0.25, -0.2) is 4.79 Å². The first-order chi connectivity index (χ1) is 14.5. The lowest BCUT2D eigenvalue weighted by atomic mass is 9.98. The van der Waals surface area contributed by atoms with Gasteiger partial charge in [0.05, 0.1) is 7.11 Å². The zero-order valence-electron chi connectivity index (χ0n) is 17.3. The van der Waals surface area contributed by atoms with E-state index in [2.05, 4.69) is 23.3 Å². The maximum Gasteiger partial charge on any atom is 0.328 e. The molecule has 0 aliphatic heterocycles. The summed E-state index contributed by atoms with van der Waals surface area (Å²) in [6.45, 7) is 0.572. The monoisotopic (exact) mass is 447 g/mol. The highest BCUT2D eigenvalue weighted by Gasteiger charge is 2.23. The maximum atomic E-state index is 13.1. The molecule has 2 rings (SSSR count). The zero-order chi connectivity index (χ0) is 21.9. The van der Waals surface area contributed by atoms with Gasteiger partial charge >= 0.3 is 5.97 Å². The highest BCUT2D eigenvalue weighted by atomic mass is 32.2. The Balaban J connectivity index is 2.32. The lowest BCUT2D eigenvalue weighted by Gasteiger charge is -2.19. The molecule has 2 aromatic rings. The van der Waals surface area contributed by atoms with Gasteiger partial charge in [-0.15, -0.1) is 0 Å². The van der Waals surface area contributed by atoms with Crippen molar-refractivity contribution >= 4 is 42.0 Å². The van der Waals surface area contributed by atoms with E-state index in [1.54, 1.807) is 17.8 Å². The molecule has 162 valence electrons. The minimum absolute atomic E-state index is 0.0752. The number of ether oxygens (including phenoxy) is 1. The zero-order valence-corrected chi connectivity index (χ0v) is 19.0. The van der Waals surface area contributed by atoms with Crippen molar-refractivity contribution in [3.05, 3.63) is 54.1 Å². The summed E-state index contributed by atoms with van der Waals surface area (Å²) in [5.41, 5.74) is 8.96. The van der Waals surface area contributed by atoms with Gasteiger partial charge in [0.25, 0.3) is 5.91 Å². The third kappa shape index (κ3) is 6.97. The number of methoxy groups -OCH3 is 1. The van der Waals surface area contributed by atoms with Crippen molar-refractivity contribution in [1.29, 1.82) is 0 Å². The van der Waals surface area contributed by atoms with Crippen LogP contribution in [0.25, 0.3) is 11.1 Å². The Bertz CT molecular complexity index is 834. The standard InChI is InChI=1S/C22H29N3O3S2/c1-28-22(27)20(10-11-30-2)25-21(26)18-9-8-17(24-13-16(23)14-29)12-19(18)15-6-4-3-5-7-15/h3-9,12,16,20,24,29H,10-11,13-14,23H2,1-2H3,(H,25,26)/t16-,20-/m0/s1. The Morgan fingerprint density at radius 3 is 2.57 bits per heavy atom. The summed E-state index contributed by atoms with van der Waals surface area (Å²) in [7, 11) is 1.33. The highest BCUT2D eigenvalue weighted by Crippen LogP contribution is 2.27. The third-order valence-corrected chi connectivity index (χ3v) is 5.67. The van der Waals surface area contributed by atoms with E-state index in [4.69, 9.17) is 10.5 Å². The maximum absolute atomic E-state index is 13.1. The van der Waals surface area contributed by atoms with Crippen LogP contribution in [0, 0.1) is 0 Å². The number of esters is 1. The van der Waals surface area contributed by atoms with Crippen LogP contribution in [0.5, 0.6) is 0 Å². The molecule has 6 nitrogen and oxygen atoms in total. The van der Waals surface area contributed by atoms with Crippen LogP contribution in [-0.4, -0.2) is 55.4 Å². The number of hydrogen-bond donors (Lipinski definition) is 4. The van der Waals surface area contributed by atoms with Crippen LogP contribution in [0.1, 0.15) is 16.8 Å². The normalized spacial score (nSPS) is 12.7. The first-order valence-electron chi connectivity index (χ1n) is 9.67. The number of benzene rings is 2. The fourth-order valence-electron chi connectivity index (χ4n) is 2.89. The summed E-state index contributed by atoms with van der Waals surface area (Å²) in [6.07, 6.45) is 2.45. The van der Waals surface area contributed by atoms with Gasteiger partial charge in [0, 0.05) is 29.6 Å². The number of rotatable bonds is 11. The second-order valence-corrected chi connectivity index (χ2v) is 8.13. The number of nitrogens with two attached hydrogens (primary N) is 1. The number of nitrogens with one attached hydrogen (secondary N) is 2. The Labute approximate surface area is 187 Å². The summed E-state index contributed by atoms with van der Waals surface area (Å²) >= 11 is 5.82. The predicted octanol–water partition coefficient (Wildman–Crippen LogP) is 3.05. The molecule has 0 fully saturated rings. The largest absolute Gasteiger partial charge is 0.467 e. The van der Waals surface area contributed by atoms with Gasteiger partial charge < -0.3 is 21.1 Å². The lowest BCUT2D eigenvalue weighted by Crippen LogP contribution is -2.42. The number of carbonyl (C=O) groups is 2. The van der Waals surface area contributed by atoms with Crippen LogP contribution >= 0.6 is 24.4 Å². The molecule has 4 N–H and O–H groups in total. The lowest BCUT2D eigenvalue weighted by molar-refractivity contribution is -0.142. The summed E-state index contributed by atoms with van der Waals surface area (Å²) in [6, 6.07) is 14.4. The Hall–Kier alpha value is -2.16. The minimum Gasteiger partial charge on any atom is -0.467 e. The highest BCUT2D eigenvalue weighted by molar-refractivity contribution is 7.98. The quantitative estimate of drug-likeness (QED) is 0.313. The fourth-order valence-corrected chi connectivity index (χ4v) is 3.49. The molecule has 0 aliphatic rings. The molecule has 30 heavy (non-hydrogen) atoms. The molecule has 2 atom stereocenters. The summed E-state index contributed by atoms with van der Waals surface area (Å²) in [4.78, 5) is 25.2. The van der Waals surface area contributed by atoms with Crippen molar-refractivity contribution in [1.82, 2.24) is 5.32 Å². The minimum atomic E-state index is -0.690. The topological polar surface area (TPSA) is 93.4 Å². The van der Waals surface area contributed by atoms with Crippen LogP contribution in [0.15, 0.2) is 48.5 Å². The first-order valence-corrected chi connectivity index (χ1v) is 11.7. The Morgan fingerprint density at radius 2 is 1.93 bits per heavy atom. The Morgan fingerprint density at radius 1 is 1.20 bits per heavy atom. The number of amides is 1. The molecular formula is C22H29N3O3S2. The van der Waals surface area contributed by atoms with Crippen molar-refractivity contribution in [2.45, 2.75) is 18.5 Å². The predicted molar refractivity (Wildman–Crippen MR) is 128 cm³/mol. The second kappa shape index (κ2) is 12.5. The van der Waals surface area contributed by atoms with E-state index in [-0.39, 0.29) is 11.9 Å². The SMILES string of the molecule is COC(=O)[C@H](CCSC)NC(=O)c1ccc(NC[C@H](N)CS)cc1-c1ccccc1. The fraction of sp³-hybridized carbons (Fsp3) is 0.364. The van der Waals surface area contributed by atoms with Crippen LogP contribution < -0.4 is 16.4 Å². The molecule has 8 heteroatoms. The molecule has 0 heterocycles. The number of anilines is 1. The molecule has 2 aromatic carbocycles. The van der Waals surface area contributed by atoms with Gasteiger partial charge in [-0.3, -0.25) is 4.79 Å². The van der Waals surface area contributed by atoms with E-state index in [1.807, 2.05) is 48.7 Å². The molecule has 0 spiro atoms. The van der Waals surface area contributed by atoms with Crippen molar-refractivity contribution in [2.75, 3.05) is 36.7 Å². The summed E-state index contributed by atoms with van der Waals surface area (Å²) < 4.78 is 4.85. The smallest absolute Gasteiger partial charge is 0.328 e. The van der Waals surface area contributed by atoms with Crippen molar-refractivity contribution in [3.63, 3.8) is 0 Å². The van der Waals surface area contributed by atoms with Crippen LogP contribution in [0.4, 0.5) is 5.69 Å². The second-order valence-electron chi connectivity index (χ2n) is 6.78. The van der Waals surface area contributed by atoms with Gasteiger partial charge in [-0.1, -0.05) is 30.3 Å². The van der Waals surface area contributed by atoms with Crippen molar-refractivity contribution in [2.24, 2.45) is 5.73 Å². The van der Waals surface area contributed by atoms with Crippen molar-refractivity contribution < 1.29 is 14.3 Å². The van der Waals surface area contributed by atoms with Gasteiger partial charge in [0.1, 0.15) is 6.04 Å². The molecule has 0 bridgehead atoms. The van der Waals surface area contributed by atoms with E-state index in [1.165, 1.54) is 7.11 Å². The van der Waals surface area contributed by atoms with Gasteiger partial charge in [-0.05, 0) is 47.8 Å². The molecule has 0 saturated carbocycles. The molecule has 0 unspecified atom stereocenters. The average molecular weight is 448 g/mol. The van der Waals surface area contributed by atoms with E-state index in [0.29, 0.717) is 24.3 Å². The van der Waals surface area contributed by atoms with E-state index >= 15 is 0 Å². The number of hydrogen-bond acceptors (Lipinski definition) is 7. The number of thioether (sulfide) groups is 1. The first kappa shape index (κ1) is 24.1. The van der Waals surface area contributed by atoms with Gasteiger partial charge in [-0.2, -0.15) is 24.4 Å². The van der Waals surface area contributed by atoms with E-state index < -0.39 is 12.0 Å². The van der Waals surface area contributed by atoms with Crippen LogP contribution in [0.2, 0.25) is 0 Å². The molecule has 0 radical (unpaired) electrons. The van der Waals surface area contributed by atoms with Gasteiger partial charge in [0.15, 0.2) is 0 Å². The van der Waals surface area contributed by atoms with Crippen molar-refractivity contribution in [3.8, 4) is 11.1 Å². The average Bonchev–Trinajstić information content (AvgIpc) is 2.79.